The maximum absolute atomic E-state index is 12.1. The first-order chi connectivity index (χ1) is 19.3. The van der Waals surface area contributed by atoms with E-state index in [1.54, 1.807) is 24.3 Å². The molecule has 0 unspecified atom stereocenters. The van der Waals surface area contributed by atoms with Gasteiger partial charge in [0.2, 0.25) is 5.91 Å². The van der Waals surface area contributed by atoms with E-state index in [4.69, 9.17) is 28.4 Å². The molecule has 41 heavy (non-hydrogen) atoms. The lowest BCUT2D eigenvalue weighted by Crippen LogP contribution is -2.62. The molecule has 2 rings (SSSR count). The van der Waals surface area contributed by atoms with Crippen LogP contribution in [0.4, 0.5) is 0 Å². The van der Waals surface area contributed by atoms with Gasteiger partial charge in [0.05, 0.1) is 7.11 Å². The molecule has 1 amide bonds. The summed E-state index contributed by atoms with van der Waals surface area (Å²) in [6.45, 7) is 5.48. The summed E-state index contributed by atoms with van der Waals surface area (Å²) in [6.07, 6.45) is -6.14. The molecule has 1 fully saturated rings. The van der Waals surface area contributed by atoms with E-state index in [1.165, 1.54) is 21.0 Å². The minimum atomic E-state index is -1.33. The molecule has 222 valence electrons. The van der Waals surface area contributed by atoms with Crippen LogP contribution in [0.2, 0.25) is 0 Å². The fourth-order valence-corrected chi connectivity index (χ4v) is 4.09. The molecule has 0 spiro atoms. The second kappa shape index (κ2) is 15.4. The van der Waals surface area contributed by atoms with Crippen LogP contribution in [0.15, 0.2) is 24.3 Å². The Morgan fingerprint density at radius 3 is 2.05 bits per heavy atom. The number of benzene rings is 1. The van der Waals surface area contributed by atoms with Crippen LogP contribution in [0.5, 0.6) is 0 Å². The zero-order chi connectivity index (χ0) is 30.7. The van der Waals surface area contributed by atoms with Crippen LogP contribution in [0.25, 0.3) is 0 Å². The predicted octanol–water partition coefficient (Wildman–Crippen LogP) is 0.384. The number of carbonyl (C=O) groups is 6. The lowest BCUT2D eigenvalue weighted by Gasteiger charge is -2.42. The van der Waals surface area contributed by atoms with E-state index >= 15 is 0 Å². The van der Waals surface area contributed by atoms with Crippen LogP contribution in [-0.4, -0.2) is 86.0 Å². The lowest BCUT2D eigenvalue weighted by molar-refractivity contribution is -0.242. The number of ether oxygens (including phenoxy) is 6. The Morgan fingerprint density at radius 2 is 1.49 bits per heavy atom. The molecule has 0 aliphatic carbocycles. The molecule has 0 saturated carbocycles. The minimum Gasteiger partial charge on any atom is -0.467 e. The molecule has 13 heteroatoms. The average Bonchev–Trinajstić information content (AvgIpc) is 2.87. The third-order valence-electron chi connectivity index (χ3n) is 5.58. The number of nitrogens with one attached hydrogen (secondary N) is 1. The maximum atomic E-state index is 12.1. The van der Waals surface area contributed by atoms with Crippen molar-refractivity contribution >= 4 is 35.8 Å². The third kappa shape index (κ3) is 10.6. The van der Waals surface area contributed by atoms with E-state index in [0.29, 0.717) is 11.1 Å². The number of esters is 5. The molecule has 1 saturated heterocycles. The number of rotatable bonds is 9. The molecule has 1 aromatic rings. The molecule has 1 aliphatic rings. The Bertz CT molecular complexity index is 1220. The van der Waals surface area contributed by atoms with Gasteiger partial charge in [-0.05, 0) is 17.7 Å². The summed E-state index contributed by atoms with van der Waals surface area (Å²) in [7, 11) is 1.21. The first-order valence-corrected chi connectivity index (χ1v) is 12.6. The second-order valence-corrected chi connectivity index (χ2v) is 9.07. The van der Waals surface area contributed by atoms with E-state index < -0.39 is 72.3 Å². The Labute approximate surface area is 237 Å². The first kappa shape index (κ1) is 32.8. The number of hydrogen-bond acceptors (Lipinski definition) is 12. The van der Waals surface area contributed by atoms with Gasteiger partial charge in [-0.3, -0.25) is 24.0 Å². The van der Waals surface area contributed by atoms with Gasteiger partial charge >= 0.3 is 29.8 Å². The topological polar surface area (TPSA) is 170 Å². The summed E-state index contributed by atoms with van der Waals surface area (Å²) in [4.78, 5) is 70.9. The number of carbonyl (C=O) groups excluding carboxylic acids is 6. The summed E-state index contributed by atoms with van der Waals surface area (Å²) < 4.78 is 32.0. The highest BCUT2D eigenvalue weighted by molar-refractivity contribution is 5.83. The Morgan fingerprint density at radius 1 is 0.878 bits per heavy atom. The van der Waals surface area contributed by atoms with Crippen molar-refractivity contribution in [2.45, 2.75) is 77.6 Å². The van der Waals surface area contributed by atoms with Gasteiger partial charge < -0.3 is 33.7 Å². The average molecular weight is 576 g/mol. The summed E-state index contributed by atoms with van der Waals surface area (Å²) in [5, 5.41) is 2.54. The van der Waals surface area contributed by atoms with Gasteiger partial charge in [-0.1, -0.05) is 24.0 Å². The smallest absolute Gasteiger partial charge is 0.328 e. The molecule has 0 aromatic heterocycles. The van der Waals surface area contributed by atoms with Gasteiger partial charge in [-0.25, -0.2) is 4.79 Å². The van der Waals surface area contributed by atoms with Crippen molar-refractivity contribution in [3.8, 4) is 11.8 Å². The largest absolute Gasteiger partial charge is 0.467 e. The molecule has 13 nitrogen and oxygen atoms in total. The summed E-state index contributed by atoms with van der Waals surface area (Å²) in [5.74, 6) is 1.87. The van der Waals surface area contributed by atoms with Gasteiger partial charge in [0.1, 0.15) is 18.8 Å². The molecule has 0 radical (unpaired) electrons. The highest BCUT2D eigenvalue weighted by Crippen LogP contribution is 2.29. The van der Waals surface area contributed by atoms with Crippen molar-refractivity contribution in [1.29, 1.82) is 0 Å². The molecule has 1 N–H and O–H groups in total. The van der Waals surface area contributed by atoms with Gasteiger partial charge in [-0.2, -0.15) is 0 Å². The SMILES string of the molecule is COC(=O)[C@H](Cc1cccc(C#C[C@H]2O[C@H](COC(C)=O)[C@@H](OC(C)=O)[C@H](OC(C)=O)[C@@H]2OC(C)=O)c1)NC(C)=O. The van der Waals surface area contributed by atoms with Crippen LogP contribution >= 0.6 is 0 Å². The highest BCUT2D eigenvalue weighted by atomic mass is 16.7. The summed E-state index contributed by atoms with van der Waals surface area (Å²) >= 11 is 0. The van der Waals surface area contributed by atoms with E-state index in [1.807, 2.05) is 0 Å². The van der Waals surface area contributed by atoms with Crippen LogP contribution in [0, 0.1) is 11.8 Å². The highest BCUT2D eigenvalue weighted by Gasteiger charge is 2.51. The summed E-state index contributed by atoms with van der Waals surface area (Å²) in [6, 6.07) is 5.86. The lowest BCUT2D eigenvalue weighted by atomic mass is 9.94. The number of amides is 1. The van der Waals surface area contributed by atoms with Crippen LogP contribution < -0.4 is 5.32 Å². The molecular weight excluding hydrogens is 542 g/mol. The second-order valence-electron chi connectivity index (χ2n) is 9.07. The zero-order valence-electron chi connectivity index (χ0n) is 23.6. The van der Waals surface area contributed by atoms with Gasteiger partial charge in [0, 0.05) is 46.6 Å². The maximum Gasteiger partial charge on any atom is 0.328 e. The molecule has 1 aromatic carbocycles. The zero-order valence-corrected chi connectivity index (χ0v) is 23.6. The van der Waals surface area contributed by atoms with Crippen LogP contribution in [0.1, 0.15) is 45.7 Å². The van der Waals surface area contributed by atoms with Crippen molar-refractivity contribution in [2.75, 3.05) is 13.7 Å². The van der Waals surface area contributed by atoms with Gasteiger partial charge in [-0.15, -0.1) is 0 Å². The van der Waals surface area contributed by atoms with Crippen LogP contribution in [0.3, 0.4) is 0 Å². The monoisotopic (exact) mass is 575 g/mol. The normalized spacial score (nSPS) is 22.0. The minimum absolute atomic E-state index is 0.126. The standard InChI is InChI=1S/C28H33NO12/c1-15(30)29-22(28(35)36-6)13-21-9-7-8-20(12-21)10-11-23-25(38-17(3)32)27(40-19(5)34)26(39-18(4)33)24(41-23)14-37-16(2)31/h7-9,12,22-27H,13-14H2,1-6H3,(H,29,30)/t22-,23+,24+,25+,26+,27+/m0/s1. The Hall–Kier alpha value is -4.44. The van der Waals surface area contributed by atoms with Crippen molar-refractivity contribution in [2.24, 2.45) is 0 Å². The van der Waals surface area contributed by atoms with E-state index in [-0.39, 0.29) is 13.0 Å². The third-order valence-corrected chi connectivity index (χ3v) is 5.58. The predicted molar refractivity (Wildman–Crippen MR) is 139 cm³/mol. The first-order valence-electron chi connectivity index (χ1n) is 12.6. The molecule has 0 bridgehead atoms. The fourth-order valence-electron chi connectivity index (χ4n) is 4.09. The van der Waals surface area contributed by atoms with E-state index in [0.717, 1.165) is 20.8 Å². The van der Waals surface area contributed by atoms with Crippen LogP contribution in [-0.2, 0) is 63.6 Å². The van der Waals surface area contributed by atoms with Crippen molar-refractivity contribution in [1.82, 2.24) is 5.32 Å². The fraction of sp³-hybridized carbons (Fsp3) is 0.500. The quantitative estimate of drug-likeness (QED) is 0.244. The Balaban J connectivity index is 2.47. The molecule has 1 aliphatic heterocycles. The van der Waals surface area contributed by atoms with Crippen molar-refractivity contribution in [3.05, 3.63) is 35.4 Å². The Kier molecular flexibility index (Phi) is 12.3. The molecular formula is C28H33NO12. The van der Waals surface area contributed by atoms with Crippen molar-refractivity contribution < 1.29 is 57.2 Å². The van der Waals surface area contributed by atoms with Gasteiger partial charge in [0.25, 0.3) is 0 Å². The van der Waals surface area contributed by atoms with Crippen molar-refractivity contribution in [3.63, 3.8) is 0 Å². The van der Waals surface area contributed by atoms with E-state index in [2.05, 4.69) is 17.2 Å². The number of methoxy groups -OCH3 is 1. The molecule has 1 heterocycles. The van der Waals surface area contributed by atoms with Gasteiger partial charge in [0.15, 0.2) is 24.4 Å². The number of hydrogen-bond donors (Lipinski definition) is 1. The van der Waals surface area contributed by atoms with E-state index in [9.17, 15) is 28.8 Å². The molecule has 6 atom stereocenters. The summed E-state index contributed by atoms with van der Waals surface area (Å²) in [5.41, 5.74) is 1.13.